The fourth-order valence-corrected chi connectivity index (χ4v) is 2.05. The molecule has 1 aromatic rings. The molecule has 0 aromatic carbocycles. The first kappa shape index (κ1) is 12.8. The van der Waals surface area contributed by atoms with Gasteiger partial charge in [0, 0.05) is 26.3 Å². The van der Waals surface area contributed by atoms with E-state index in [1.54, 1.807) is 11.9 Å². The summed E-state index contributed by atoms with van der Waals surface area (Å²) >= 11 is 0. The molecular formula is C12H16FN3O2. The summed E-state index contributed by atoms with van der Waals surface area (Å²) in [7, 11) is 1.70. The lowest BCUT2D eigenvalue weighted by Gasteiger charge is -2.31. The quantitative estimate of drug-likeness (QED) is 0.855. The minimum absolute atomic E-state index is 0.0558. The van der Waals surface area contributed by atoms with Gasteiger partial charge in [0.25, 0.3) is 5.91 Å². The first-order valence-electron chi connectivity index (χ1n) is 5.85. The van der Waals surface area contributed by atoms with Gasteiger partial charge in [0.15, 0.2) is 0 Å². The smallest absolute Gasteiger partial charge is 0.257 e. The molecule has 5 nitrogen and oxygen atoms in total. The number of anilines is 1. The first-order chi connectivity index (χ1) is 8.59. The molecule has 0 unspecified atom stereocenters. The molecule has 18 heavy (non-hydrogen) atoms. The van der Waals surface area contributed by atoms with Gasteiger partial charge in [-0.05, 0) is 18.9 Å². The third-order valence-corrected chi connectivity index (χ3v) is 3.17. The maximum Gasteiger partial charge on any atom is 0.257 e. The number of ether oxygens (including phenoxy) is 1. The molecule has 1 aromatic heterocycles. The van der Waals surface area contributed by atoms with Crippen LogP contribution in [-0.2, 0) is 4.74 Å². The number of nitrogens with zero attached hydrogens (tertiary/aromatic N) is 2. The highest BCUT2D eigenvalue weighted by molar-refractivity contribution is 5.98. The maximum atomic E-state index is 13.1. The number of hydrogen-bond donors (Lipinski definition) is 1. The summed E-state index contributed by atoms with van der Waals surface area (Å²) in [5.41, 5.74) is 5.72. The Bertz CT molecular complexity index is 447. The largest absolute Gasteiger partial charge is 0.383 e. The zero-order valence-corrected chi connectivity index (χ0v) is 10.2. The molecule has 0 atom stereocenters. The van der Waals surface area contributed by atoms with Gasteiger partial charge >= 0.3 is 0 Å². The van der Waals surface area contributed by atoms with Gasteiger partial charge in [0.2, 0.25) is 0 Å². The number of pyridine rings is 1. The molecule has 1 amide bonds. The highest BCUT2D eigenvalue weighted by atomic mass is 19.1. The normalized spacial score (nSPS) is 16.6. The van der Waals surface area contributed by atoms with Gasteiger partial charge in [-0.15, -0.1) is 0 Å². The van der Waals surface area contributed by atoms with Gasteiger partial charge in [-0.1, -0.05) is 0 Å². The average Bonchev–Trinajstić information content (AvgIpc) is 2.41. The van der Waals surface area contributed by atoms with Crippen molar-refractivity contribution in [3.63, 3.8) is 0 Å². The molecule has 1 fully saturated rings. The number of nitrogens with two attached hydrogens (primary N) is 1. The highest BCUT2D eigenvalue weighted by Gasteiger charge is 2.25. The standard InChI is InChI=1S/C12H16FN3O2/c1-16(9-2-4-18-5-3-9)12(17)10-6-8(13)7-15-11(10)14/h6-7,9H,2-5H2,1H3,(H2,14,15). The number of rotatable bonds is 2. The molecule has 2 rings (SSSR count). The molecule has 0 spiro atoms. The van der Waals surface area contributed by atoms with E-state index in [1.807, 2.05) is 0 Å². The fourth-order valence-electron chi connectivity index (χ4n) is 2.05. The molecule has 0 saturated carbocycles. The lowest BCUT2D eigenvalue weighted by molar-refractivity contribution is 0.0362. The Morgan fingerprint density at radius 3 is 2.89 bits per heavy atom. The van der Waals surface area contributed by atoms with E-state index in [4.69, 9.17) is 10.5 Å². The summed E-state index contributed by atoms with van der Waals surface area (Å²) in [5, 5.41) is 0. The van der Waals surface area contributed by atoms with Gasteiger partial charge in [-0.25, -0.2) is 9.37 Å². The van der Waals surface area contributed by atoms with Crippen molar-refractivity contribution in [2.45, 2.75) is 18.9 Å². The van der Waals surface area contributed by atoms with Crippen molar-refractivity contribution in [3.05, 3.63) is 23.6 Å². The number of halogens is 1. The highest BCUT2D eigenvalue weighted by Crippen LogP contribution is 2.18. The number of amides is 1. The summed E-state index contributed by atoms with van der Waals surface area (Å²) in [6.45, 7) is 1.28. The molecule has 2 N–H and O–H groups in total. The summed E-state index contributed by atoms with van der Waals surface area (Å²) < 4.78 is 18.3. The molecule has 0 radical (unpaired) electrons. The van der Waals surface area contributed by atoms with Crippen LogP contribution in [-0.4, -0.2) is 42.1 Å². The van der Waals surface area contributed by atoms with Crippen LogP contribution < -0.4 is 5.73 Å². The molecule has 0 bridgehead atoms. The van der Waals surface area contributed by atoms with E-state index in [0.717, 1.165) is 25.1 Å². The molecule has 1 aliphatic rings. The van der Waals surface area contributed by atoms with Crippen molar-refractivity contribution in [1.29, 1.82) is 0 Å². The van der Waals surface area contributed by atoms with Crippen molar-refractivity contribution in [3.8, 4) is 0 Å². The van der Waals surface area contributed by atoms with Crippen LogP contribution >= 0.6 is 0 Å². The zero-order valence-electron chi connectivity index (χ0n) is 10.2. The van der Waals surface area contributed by atoms with E-state index in [-0.39, 0.29) is 23.3 Å². The Morgan fingerprint density at radius 1 is 1.56 bits per heavy atom. The Hall–Kier alpha value is -1.69. The van der Waals surface area contributed by atoms with Gasteiger partial charge in [-0.3, -0.25) is 4.79 Å². The first-order valence-corrected chi connectivity index (χ1v) is 5.85. The second-order valence-electron chi connectivity index (χ2n) is 4.35. The predicted molar refractivity (Wildman–Crippen MR) is 64.5 cm³/mol. The summed E-state index contributed by atoms with van der Waals surface area (Å²) in [4.78, 5) is 17.5. The number of carbonyl (C=O) groups excluding carboxylic acids is 1. The minimum Gasteiger partial charge on any atom is -0.383 e. The molecule has 98 valence electrons. The SMILES string of the molecule is CN(C(=O)c1cc(F)cnc1N)C1CCOCC1. The van der Waals surface area contributed by atoms with Crippen molar-refractivity contribution in [2.75, 3.05) is 26.0 Å². The third-order valence-electron chi connectivity index (χ3n) is 3.17. The molecule has 0 aliphatic carbocycles. The van der Waals surface area contributed by atoms with Crippen LogP contribution in [0.2, 0.25) is 0 Å². The Labute approximate surface area is 105 Å². The van der Waals surface area contributed by atoms with Crippen LogP contribution in [0.3, 0.4) is 0 Å². The number of nitrogen functional groups attached to an aromatic ring is 1. The third kappa shape index (κ3) is 2.59. The fraction of sp³-hybridized carbons (Fsp3) is 0.500. The summed E-state index contributed by atoms with van der Waals surface area (Å²) in [5.74, 6) is -0.806. The molecule has 1 saturated heterocycles. The topological polar surface area (TPSA) is 68.5 Å². The Balaban J connectivity index is 2.16. The summed E-state index contributed by atoms with van der Waals surface area (Å²) in [6, 6.07) is 1.23. The van der Waals surface area contributed by atoms with Crippen LogP contribution in [0.25, 0.3) is 0 Å². The lowest BCUT2D eigenvalue weighted by Crippen LogP contribution is -2.41. The summed E-state index contributed by atoms with van der Waals surface area (Å²) in [6.07, 6.45) is 2.57. The van der Waals surface area contributed by atoms with E-state index in [1.165, 1.54) is 0 Å². The van der Waals surface area contributed by atoms with Crippen LogP contribution in [0, 0.1) is 5.82 Å². The van der Waals surface area contributed by atoms with Gasteiger partial charge in [-0.2, -0.15) is 0 Å². The molecular weight excluding hydrogens is 237 g/mol. The Kier molecular flexibility index (Phi) is 3.76. The van der Waals surface area contributed by atoms with Crippen LogP contribution in [0.1, 0.15) is 23.2 Å². The molecule has 2 heterocycles. The van der Waals surface area contributed by atoms with Crippen molar-refractivity contribution < 1.29 is 13.9 Å². The second-order valence-corrected chi connectivity index (χ2v) is 4.35. The van der Waals surface area contributed by atoms with Crippen molar-refractivity contribution in [2.24, 2.45) is 0 Å². The number of hydrogen-bond acceptors (Lipinski definition) is 4. The van der Waals surface area contributed by atoms with Crippen molar-refractivity contribution >= 4 is 11.7 Å². The van der Waals surface area contributed by atoms with Crippen LogP contribution in [0.4, 0.5) is 10.2 Å². The molecule has 6 heteroatoms. The molecule has 1 aliphatic heterocycles. The van der Waals surface area contributed by atoms with E-state index < -0.39 is 5.82 Å². The van der Waals surface area contributed by atoms with Crippen LogP contribution in [0.5, 0.6) is 0 Å². The number of carbonyl (C=O) groups is 1. The lowest BCUT2D eigenvalue weighted by atomic mass is 10.1. The number of aromatic nitrogens is 1. The van der Waals surface area contributed by atoms with E-state index in [2.05, 4.69) is 4.98 Å². The second kappa shape index (κ2) is 5.30. The van der Waals surface area contributed by atoms with E-state index in [0.29, 0.717) is 13.2 Å². The Morgan fingerprint density at radius 2 is 2.22 bits per heavy atom. The van der Waals surface area contributed by atoms with Gasteiger partial charge in [0.05, 0.1) is 11.8 Å². The van der Waals surface area contributed by atoms with E-state index >= 15 is 0 Å². The van der Waals surface area contributed by atoms with E-state index in [9.17, 15) is 9.18 Å². The monoisotopic (exact) mass is 253 g/mol. The van der Waals surface area contributed by atoms with Gasteiger partial charge < -0.3 is 15.4 Å². The average molecular weight is 253 g/mol. The minimum atomic E-state index is -0.562. The van der Waals surface area contributed by atoms with Crippen LogP contribution in [0.15, 0.2) is 12.3 Å². The van der Waals surface area contributed by atoms with Crippen molar-refractivity contribution in [1.82, 2.24) is 9.88 Å². The zero-order chi connectivity index (χ0) is 13.1. The predicted octanol–water partition coefficient (Wildman–Crippen LogP) is 1.05. The van der Waals surface area contributed by atoms with Gasteiger partial charge in [0.1, 0.15) is 11.6 Å². The maximum absolute atomic E-state index is 13.1.